The van der Waals surface area contributed by atoms with Crippen molar-refractivity contribution in [2.24, 2.45) is 0 Å². The van der Waals surface area contributed by atoms with E-state index in [0.29, 0.717) is 17.8 Å². The molecule has 0 spiro atoms. The first-order chi connectivity index (χ1) is 16.2. The standard InChI is InChI=1S/C29H23N3O/c1-2-22(14-11-15-23-12-5-3-6-13-23)20-31-21-26-28(25-18-9-10-19-27(25)31)30-32(29(26)33)24-16-7-4-8-17-24/h2-19,21H,1,20H2/b15-11+,22-14+. The fraction of sp³-hybridized carbons (Fsp3) is 0.0345. The number of hydrogen-bond donors (Lipinski definition) is 0. The van der Waals surface area contributed by atoms with Gasteiger partial charge in [-0.3, -0.25) is 4.79 Å². The van der Waals surface area contributed by atoms with Gasteiger partial charge in [-0.05, 0) is 29.3 Å². The maximum Gasteiger partial charge on any atom is 0.282 e. The Morgan fingerprint density at radius 3 is 2.36 bits per heavy atom. The molecule has 0 fully saturated rings. The van der Waals surface area contributed by atoms with E-state index in [1.165, 1.54) is 4.68 Å². The third kappa shape index (κ3) is 4.06. The minimum absolute atomic E-state index is 0.121. The van der Waals surface area contributed by atoms with Crippen molar-refractivity contribution in [3.63, 3.8) is 0 Å². The van der Waals surface area contributed by atoms with Gasteiger partial charge in [0, 0.05) is 18.1 Å². The van der Waals surface area contributed by atoms with Gasteiger partial charge in [0.2, 0.25) is 0 Å². The second kappa shape index (κ2) is 8.97. The van der Waals surface area contributed by atoms with Crippen LogP contribution in [0.3, 0.4) is 0 Å². The van der Waals surface area contributed by atoms with E-state index in [4.69, 9.17) is 0 Å². The van der Waals surface area contributed by atoms with Crippen LogP contribution < -0.4 is 5.56 Å². The molecule has 3 aromatic carbocycles. The van der Waals surface area contributed by atoms with E-state index in [-0.39, 0.29) is 5.56 Å². The van der Waals surface area contributed by atoms with Crippen LogP contribution in [0.25, 0.3) is 33.9 Å². The third-order valence-electron chi connectivity index (χ3n) is 5.65. The Morgan fingerprint density at radius 2 is 1.61 bits per heavy atom. The number of benzene rings is 3. The summed E-state index contributed by atoms with van der Waals surface area (Å²) in [6.07, 6.45) is 9.91. The SMILES string of the molecule is C=C/C(=C\C=C\c1ccccc1)Cn1cc2c(=O)n(-c3ccccc3)nc-2c2ccccc21. The number of hydrogen-bond acceptors (Lipinski definition) is 2. The van der Waals surface area contributed by atoms with Gasteiger partial charge in [0.05, 0.1) is 16.8 Å². The zero-order chi connectivity index (χ0) is 22.6. The Kier molecular flexibility index (Phi) is 5.56. The van der Waals surface area contributed by atoms with E-state index in [2.05, 4.69) is 46.6 Å². The summed E-state index contributed by atoms with van der Waals surface area (Å²) in [5.41, 5.74) is 5.14. The molecule has 3 aromatic rings. The number of para-hydroxylation sites is 2. The van der Waals surface area contributed by atoms with Gasteiger partial charge in [0.15, 0.2) is 0 Å². The monoisotopic (exact) mass is 429 g/mol. The summed E-state index contributed by atoms with van der Waals surface area (Å²) in [7, 11) is 0. The van der Waals surface area contributed by atoms with Gasteiger partial charge in [-0.2, -0.15) is 9.78 Å². The number of allylic oxidation sites excluding steroid dienone is 4. The zero-order valence-corrected chi connectivity index (χ0v) is 18.1. The van der Waals surface area contributed by atoms with Crippen molar-refractivity contribution < 1.29 is 0 Å². The molecule has 0 amide bonds. The molecule has 160 valence electrons. The molecular weight excluding hydrogens is 406 g/mol. The first-order valence-corrected chi connectivity index (χ1v) is 10.9. The predicted molar refractivity (Wildman–Crippen MR) is 136 cm³/mol. The molecule has 2 aliphatic rings. The van der Waals surface area contributed by atoms with Gasteiger partial charge in [0.1, 0.15) is 5.69 Å². The molecule has 0 aromatic heterocycles. The van der Waals surface area contributed by atoms with Crippen LogP contribution in [0.15, 0.2) is 126 Å². The average molecular weight is 430 g/mol. The van der Waals surface area contributed by atoms with E-state index in [9.17, 15) is 4.79 Å². The Balaban J connectivity index is 1.59. The molecule has 0 radical (unpaired) electrons. The number of nitrogens with zero attached hydrogens (tertiary/aromatic N) is 3. The summed E-state index contributed by atoms with van der Waals surface area (Å²) >= 11 is 0. The molecule has 0 saturated heterocycles. The molecular formula is C29H23N3O. The van der Waals surface area contributed by atoms with E-state index < -0.39 is 0 Å². The highest BCUT2D eigenvalue weighted by atomic mass is 16.1. The van der Waals surface area contributed by atoms with Crippen LogP contribution in [0.1, 0.15) is 5.56 Å². The highest BCUT2D eigenvalue weighted by Gasteiger charge is 2.20. The van der Waals surface area contributed by atoms with Crippen LogP contribution in [-0.2, 0) is 6.54 Å². The molecule has 0 aliphatic carbocycles. The molecule has 5 rings (SSSR count). The molecule has 2 aliphatic heterocycles. The summed E-state index contributed by atoms with van der Waals surface area (Å²) in [6.45, 7) is 4.59. The van der Waals surface area contributed by atoms with Crippen LogP contribution in [-0.4, -0.2) is 14.3 Å². The van der Waals surface area contributed by atoms with E-state index in [0.717, 1.165) is 27.7 Å². The predicted octanol–water partition coefficient (Wildman–Crippen LogP) is 6.12. The molecule has 0 unspecified atom stereocenters. The van der Waals surface area contributed by atoms with Gasteiger partial charge >= 0.3 is 0 Å². The molecule has 33 heavy (non-hydrogen) atoms. The normalized spacial score (nSPS) is 12.1. The molecule has 0 N–H and O–H groups in total. The molecule has 0 bridgehead atoms. The summed E-state index contributed by atoms with van der Waals surface area (Å²) in [5.74, 6) is 0. The van der Waals surface area contributed by atoms with Crippen molar-refractivity contribution in [1.29, 1.82) is 0 Å². The minimum atomic E-state index is -0.121. The Labute approximate surface area is 192 Å². The first kappa shape index (κ1) is 20.5. The number of pyridine rings is 1. The van der Waals surface area contributed by atoms with E-state index in [1.54, 1.807) is 0 Å². The lowest BCUT2D eigenvalue weighted by Gasteiger charge is -2.14. The Bertz CT molecular complexity index is 1510. The lowest BCUT2D eigenvalue weighted by molar-refractivity contribution is 0.827. The summed E-state index contributed by atoms with van der Waals surface area (Å²) in [4.78, 5) is 13.3. The zero-order valence-electron chi connectivity index (χ0n) is 18.1. The Hall–Kier alpha value is -4.44. The maximum absolute atomic E-state index is 13.3. The van der Waals surface area contributed by atoms with Gasteiger partial charge in [0.25, 0.3) is 5.56 Å². The van der Waals surface area contributed by atoms with E-state index in [1.807, 2.05) is 85.1 Å². The summed E-state index contributed by atoms with van der Waals surface area (Å²) in [5, 5.41) is 5.63. The van der Waals surface area contributed by atoms with Crippen molar-refractivity contribution in [1.82, 2.24) is 14.3 Å². The topological polar surface area (TPSA) is 39.8 Å². The number of rotatable bonds is 6. The molecule has 0 atom stereocenters. The van der Waals surface area contributed by atoms with Crippen LogP contribution >= 0.6 is 0 Å². The second-order valence-corrected chi connectivity index (χ2v) is 7.80. The summed E-state index contributed by atoms with van der Waals surface area (Å²) in [6, 6.07) is 27.7. The quantitative estimate of drug-likeness (QED) is 0.305. The van der Waals surface area contributed by atoms with Crippen molar-refractivity contribution in [2.45, 2.75) is 6.54 Å². The maximum atomic E-state index is 13.3. The highest BCUT2D eigenvalue weighted by Crippen LogP contribution is 2.28. The summed E-state index contributed by atoms with van der Waals surface area (Å²) < 4.78 is 3.58. The van der Waals surface area contributed by atoms with Crippen LogP contribution in [0.5, 0.6) is 0 Å². The van der Waals surface area contributed by atoms with Crippen molar-refractivity contribution in [2.75, 3.05) is 0 Å². The average Bonchev–Trinajstić information content (AvgIpc) is 3.21. The molecule has 4 heteroatoms. The van der Waals surface area contributed by atoms with Gasteiger partial charge in [-0.25, -0.2) is 0 Å². The minimum Gasteiger partial charge on any atom is -0.342 e. The first-order valence-electron chi connectivity index (χ1n) is 10.9. The van der Waals surface area contributed by atoms with Crippen LogP contribution in [0, 0.1) is 0 Å². The van der Waals surface area contributed by atoms with Gasteiger partial charge in [-0.1, -0.05) is 97.6 Å². The fourth-order valence-corrected chi connectivity index (χ4v) is 3.98. The number of aromatic nitrogens is 3. The largest absolute Gasteiger partial charge is 0.342 e. The third-order valence-corrected chi connectivity index (χ3v) is 5.65. The Morgan fingerprint density at radius 1 is 0.909 bits per heavy atom. The van der Waals surface area contributed by atoms with Gasteiger partial charge < -0.3 is 4.57 Å². The van der Waals surface area contributed by atoms with Crippen LogP contribution in [0.2, 0.25) is 0 Å². The smallest absolute Gasteiger partial charge is 0.282 e. The van der Waals surface area contributed by atoms with Crippen molar-refractivity contribution in [3.8, 4) is 16.9 Å². The second-order valence-electron chi connectivity index (χ2n) is 7.80. The lowest BCUT2D eigenvalue weighted by atomic mass is 10.1. The lowest BCUT2D eigenvalue weighted by Crippen LogP contribution is -2.15. The van der Waals surface area contributed by atoms with Crippen molar-refractivity contribution in [3.05, 3.63) is 137 Å². The van der Waals surface area contributed by atoms with Gasteiger partial charge in [-0.15, -0.1) is 0 Å². The molecule has 0 saturated carbocycles. The van der Waals surface area contributed by atoms with Crippen LogP contribution in [0.4, 0.5) is 0 Å². The highest BCUT2D eigenvalue weighted by molar-refractivity contribution is 5.93. The number of fused-ring (bicyclic) bond motifs is 3. The fourth-order valence-electron chi connectivity index (χ4n) is 3.98. The van der Waals surface area contributed by atoms with Crippen molar-refractivity contribution >= 4 is 17.0 Å². The van der Waals surface area contributed by atoms with E-state index >= 15 is 0 Å². The molecule has 4 nitrogen and oxygen atoms in total. The molecule has 2 heterocycles.